The Hall–Kier alpha value is -2.00. The zero-order valence-electron chi connectivity index (χ0n) is 15.9. The van der Waals surface area contributed by atoms with Gasteiger partial charge in [0.25, 0.3) is 5.91 Å². The van der Waals surface area contributed by atoms with Crippen LogP contribution in [0.2, 0.25) is 5.02 Å². The summed E-state index contributed by atoms with van der Waals surface area (Å²) in [6, 6.07) is 9.94. The highest BCUT2D eigenvalue weighted by Crippen LogP contribution is 2.21. The minimum absolute atomic E-state index is 0.00661. The van der Waals surface area contributed by atoms with Crippen LogP contribution in [0.25, 0.3) is 0 Å². The lowest BCUT2D eigenvalue weighted by atomic mass is 10.1. The number of nitrogens with one attached hydrogen (secondary N) is 1. The summed E-state index contributed by atoms with van der Waals surface area (Å²) in [5.41, 5.74) is 0.514. The molecule has 29 heavy (non-hydrogen) atoms. The average molecular weight is 441 g/mol. The molecule has 0 aromatic heterocycles. The van der Waals surface area contributed by atoms with Crippen molar-refractivity contribution in [3.63, 3.8) is 0 Å². The molecule has 1 aliphatic rings. The lowest BCUT2D eigenvalue weighted by molar-refractivity contribution is 0.0784. The molecule has 0 aliphatic carbocycles. The minimum atomic E-state index is -3.69. The van der Waals surface area contributed by atoms with Crippen LogP contribution in [0.5, 0.6) is 0 Å². The summed E-state index contributed by atoms with van der Waals surface area (Å²) >= 11 is 6.01. The maximum Gasteiger partial charge on any atom is 0.253 e. The van der Waals surface area contributed by atoms with Gasteiger partial charge in [-0.25, -0.2) is 17.5 Å². The van der Waals surface area contributed by atoms with Crippen molar-refractivity contribution < 1.29 is 22.3 Å². The Morgan fingerprint density at radius 3 is 2.62 bits per heavy atom. The Balaban J connectivity index is 1.66. The Labute approximate surface area is 174 Å². The zero-order valence-corrected chi connectivity index (χ0v) is 17.5. The second-order valence-corrected chi connectivity index (χ2v) is 9.05. The van der Waals surface area contributed by atoms with Gasteiger partial charge in [-0.2, -0.15) is 0 Å². The number of hydrogen-bond acceptors (Lipinski definition) is 4. The molecule has 1 heterocycles. The van der Waals surface area contributed by atoms with Gasteiger partial charge in [0, 0.05) is 42.9 Å². The van der Waals surface area contributed by atoms with E-state index in [-0.39, 0.29) is 46.1 Å². The van der Waals surface area contributed by atoms with Crippen molar-refractivity contribution in [2.75, 3.05) is 20.2 Å². The van der Waals surface area contributed by atoms with Crippen LogP contribution in [-0.2, 0) is 21.3 Å². The predicted octanol–water partition coefficient (Wildman–Crippen LogP) is 3.21. The smallest absolute Gasteiger partial charge is 0.253 e. The van der Waals surface area contributed by atoms with Crippen molar-refractivity contribution in [1.29, 1.82) is 0 Å². The SMILES string of the molecule is CN(Cc1c(F)cccc1Cl)C(=O)c1ccc(S(=O)(=O)NCC2CCCO2)cc1. The summed E-state index contributed by atoms with van der Waals surface area (Å²) < 4.78 is 46.7. The van der Waals surface area contributed by atoms with E-state index in [1.165, 1.54) is 48.3 Å². The molecular formula is C20H22ClFN2O4S. The van der Waals surface area contributed by atoms with Gasteiger partial charge in [-0.1, -0.05) is 17.7 Å². The Kier molecular flexibility index (Phi) is 6.89. The highest BCUT2D eigenvalue weighted by molar-refractivity contribution is 7.89. The van der Waals surface area contributed by atoms with Gasteiger partial charge in [0.05, 0.1) is 11.0 Å². The molecule has 0 bridgehead atoms. The molecule has 2 aromatic carbocycles. The Morgan fingerprint density at radius 1 is 1.28 bits per heavy atom. The molecule has 9 heteroatoms. The van der Waals surface area contributed by atoms with E-state index < -0.39 is 15.8 Å². The van der Waals surface area contributed by atoms with E-state index in [1.54, 1.807) is 6.07 Å². The van der Waals surface area contributed by atoms with E-state index in [1.807, 2.05) is 0 Å². The van der Waals surface area contributed by atoms with Gasteiger partial charge in [0.1, 0.15) is 5.82 Å². The van der Waals surface area contributed by atoms with E-state index in [2.05, 4.69) is 4.72 Å². The fourth-order valence-electron chi connectivity index (χ4n) is 3.08. The van der Waals surface area contributed by atoms with Crippen molar-refractivity contribution in [3.05, 3.63) is 64.4 Å². The van der Waals surface area contributed by atoms with Crippen LogP contribution in [-0.4, -0.2) is 45.5 Å². The van der Waals surface area contributed by atoms with E-state index in [0.717, 1.165) is 12.8 Å². The molecule has 0 spiro atoms. The standard InChI is InChI=1S/C20H22ClFN2O4S/c1-24(13-17-18(21)5-2-6-19(17)22)20(25)14-7-9-16(10-8-14)29(26,27)23-12-15-4-3-11-28-15/h2,5-10,15,23H,3-4,11-13H2,1H3. The molecule has 6 nitrogen and oxygen atoms in total. The average Bonchev–Trinajstić information content (AvgIpc) is 3.22. The molecule has 1 fully saturated rings. The molecule has 0 radical (unpaired) electrons. The van der Waals surface area contributed by atoms with E-state index in [4.69, 9.17) is 16.3 Å². The number of carbonyl (C=O) groups is 1. The molecule has 2 aromatic rings. The molecule has 0 saturated carbocycles. The van der Waals surface area contributed by atoms with Crippen LogP contribution in [0.1, 0.15) is 28.8 Å². The van der Waals surface area contributed by atoms with Crippen LogP contribution >= 0.6 is 11.6 Å². The minimum Gasteiger partial charge on any atom is -0.377 e. The van der Waals surface area contributed by atoms with Crippen molar-refractivity contribution in [3.8, 4) is 0 Å². The maximum atomic E-state index is 13.9. The number of ether oxygens (including phenoxy) is 1. The van der Waals surface area contributed by atoms with Crippen LogP contribution in [0.3, 0.4) is 0 Å². The summed E-state index contributed by atoms with van der Waals surface area (Å²) in [4.78, 5) is 14.0. The topological polar surface area (TPSA) is 75.7 Å². The number of nitrogens with zero attached hydrogens (tertiary/aromatic N) is 1. The fourth-order valence-corrected chi connectivity index (χ4v) is 4.37. The quantitative estimate of drug-likeness (QED) is 0.717. The lowest BCUT2D eigenvalue weighted by Crippen LogP contribution is -2.32. The van der Waals surface area contributed by atoms with E-state index in [0.29, 0.717) is 6.61 Å². The Morgan fingerprint density at radius 2 is 2.00 bits per heavy atom. The predicted molar refractivity (Wildman–Crippen MR) is 108 cm³/mol. The monoisotopic (exact) mass is 440 g/mol. The van der Waals surface area contributed by atoms with Gasteiger partial charge in [0.15, 0.2) is 0 Å². The molecule has 3 rings (SSSR count). The van der Waals surface area contributed by atoms with E-state index in [9.17, 15) is 17.6 Å². The first-order chi connectivity index (χ1) is 13.8. The number of hydrogen-bond donors (Lipinski definition) is 1. The van der Waals surface area contributed by atoms with Crippen molar-refractivity contribution in [1.82, 2.24) is 9.62 Å². The van der Waals surface area contributed by atoms with Crippen LogP contribution in [0.15, 0.2) is 47.4 Å². The normalized spacial score (nSPS) is 16.7. The number of halogens is 2. The second kappa shape index (κ2) is 9.21. The second-order valence-electron chi connectivity index (χ2n) is 6.87. The summed E-state index contributed by atoms with van der Waals surface area (Å²) in [6.07, 6.45) is 1.65. The summed E-state index contributed by atoms with van der Waals surface area (Å²) in [5.74, 6) is -0.864. The van der Waals surface area contributed by atoms with Crippen molar-refractivity contribution >= 4 is 27.5 Å². The number of rotatable bonds is 7. The molecule has 1 unspecified atom stereocenters. The molecular weight excluding hydrogens is 419 g/mol. The van der Waals surface area contributed by atoms with Crippen LogP contribution in [0, 0.1) is 5.82 Å². The highest BCUT2D eigenvalue weighted by atomic mass is 35.5. The summed E-state index contributed by atoms with van der Waals surface area (Å²) in [6.45, 7) is 0.858. The number of carbonyl (C=O) groups excluding carboxylic acids is 1. The van der Waals surface area contributed by atoms with E-state index >= 15 is 0 Å². The molecule has 1 amide bonds. The number of amides is 1. The van der Waals surface area contributed by atoms with Crippen LogP contribution in [0.4, 0.5) is 4.39 Å². The maximum absolute atomic E-state index is 13.9. The largest absolute Gasteiger partial charge is 0.377 e. The molecule has 156 valence electrons. The summed E-state index contributed by atoms with van der Waals surface area (Å²) in [5, 5.41) is 0.239. The lowest BCUT2D eigenvalue weighted by Gasteiger charge is -2.19. The van der Waals surface area contributed by atoms with Gasteiger partial charge in [-0.05, 0) is 49.2 Å². The first-order valence-electron chi connectivity index (χ1n) is 9.17. The Bertz CT molecular complexity index is 956. The van der Waals surface area contributed by atoms with Gasteiger partial charge in [-0.15, -0.1) is 0 Å². The molecule has 1 aliphatic heterocycles. The van der Waals surface area contributed by atoms with Gasteiger partial charge in [-0.3, -0.25) is 4.79 Å². The molecule has 1 saturated heterocycles. The van der Waals surface area contributed by atoms with Gasteiger partial charge in [0.2, 0.25) is 10.0 Å². The number of sulfonamides is 1. The third kappa shape index (κ3) is 5.33. The first-order valence-corrected chi connectivity index (χ1v) is 11.0. The zero-order chi connectivity index (χ0) is 21.0. The van der Waals surface area contributed by atoms with Gasteiger partial charge < -0.3 is 9.64 Å². The highest BCUT2D eigenvalue weighted by Gasteiger charge is 2.21. The molecule has 1 N–H and O–H groups in total. The summed E-state index contributed by atoms with van der Waals surface area (Å²) in [7, 11) is -2.17. The van der Waals surface area contributed by atoms with Crippen molar-refractivity contribution in [2.24, 2.45) is 0 Å². The third-order valence-corrected chi connectivity index (χ3v) is 6.53. The van der Waals surface area contributed by atoms with Crippen molar-refractivity contribution in [2.45, 2.75) is 30.4 Å². The third-order valence-electron chi connectivity index (χ3n) is 4.74. The number of benzene rings is 2. The van der Waals surface area contributed by atoms with Crippen LogP contribution < -0.4 is 4.72 Å². The molecule has 1 atom stereocenters. The fraction of sp³-hybridized carbons (Fsp3) is 0.350. The van der Waals surface area contributed by atoms with Gasteiger partial charge >= 0.3 is 0 Å². The first kappa shape index (κ1) is 21.7.